The van der Waals surface area contributed by atoms with Crippen molar-refractivity contribution in [1.82, 2.24) is 9.97 Å². The average Bonchev–Trinajstić information content (AvgIpc) is 2.33. The molecule has 1 aromatic heterocycles. The summed E-state index contributed by atoms with van der Waals surface area (Å²) in [5, 5.41) is 3.57. The number of aromatic nitrogens is 2. The lowest BCUT2D eigenvalue weighted by molar-refractivity contribution is 0.470. The van der Waals surface area contributed by atoms with Crippen LogP contribution in [0.1, 0.15) is 57.6 Å². The second-order valence-electron chi connectivity index (χ2n) is 4.93. The number of hydrogen-bond donors (Lipinski definition) is 1. The van der Waals surface area contributed by atoms with E-state index in [1.165, 1.54) is 44.9 Å². The van der Waals surface area contributed by atoms with Crippen molar-refractivity contribution in [3.05, 3.63) is 18.1 Å². The Kier molecular flexibility index (Phi) is 4.77. The Hall–Kier alpha value is -1.12. The summed E-state index contributed by atoms with van der Waals surface area (Å²) < 4.78 is 0. The van der Waals surface area contributed by atoms with E-state index in [-0.39, 0.29) is 0 Å². The maximum Gasteiger partial charge on any atom is 0.129 e. The van der Waals surface area contributed by atoms with Gasteiger partial charge in [-0.15, -0.1) is 0 Å². The summed E-state index contributed by atoms with van der Waals surface area (Å²) in [6.45, 7) is 2.13. The van der Waals surface area contributed by atoms with Crippen molar-refractivity contribution >= 4 is 5.82 Å². The zero-order valence-corrected chi connectivity index (χ0v) is 10.8. The van der Waals surface area contributed by atoms with Crippen LogP contribution in [0.25, 0.3) is 0 Å². The fourth-order valence-electron chi connectivity index (χ4n) is 2.48. The van der Waals surface area contributed by atoms with E-state index in [2.05, 4.69) is 28.3 Å². The van der Waals surface area contributed by atoms with Gasteiger partial charge in [-0.05, 0) is 19.3 Å². The fourth-order valence-corrected chi connectivity index (χ4v) is 2.48. The highest BCUT2D eigenvalue weighted by Gasteiger charge is 2.11. The molecule has 94 valence electrons. The van der Waals surface area contributed by atoms with Gasteiger partial charge >= 0.3 is 0 Å². The summed E-state index contributed by atoms with van der Waals surface area (Å²) in [5.74, 6) is 1.00. The van der Waals surface area contributed by atoms with Crippen LogP contribution < -0.4 is 5.32 Å². The van der Waals surface area contributed by atoms with Crippen molar-refractivity contribution < 1.29 is 0 Å². The second-order valence-corrected chi connectivity index (χ2v) is 4.93. The molecule has 1 heterocycles. The number of nitrogens with one attached hydrogen (secondary N) is 1. The second kappa shape index (κ2) is 6.58. The molecule has 3 heteroatoms. The van der Waals surface area contributed by atoms with Gasteiger partial charge in [0.05, 0.1) is 0 Å². The van der Waals surface area contributed by atoms with Gasteiger partial charge in [0.15, 0.2) is 0 Å². The Balaban J connectivity index is 1.93. The topological polar surface area (TPSA) is 37.8 Å². The van der Waals surface area contributed by atoms with E-state index in [4.69, 9.17) is 0 Å². The summed E-state index contributed by atoms with van der Waals surface area (Å²) in [6.07, 6.45) is 12.1. The molecule has 1 fully saturated rings. The maximum atomic E-state index is 4.31. The van der Waals surface area contributed by atoms with E-state index < -0.39 is 0 Å². The molecular formula is C14H23N3. The zero-order chi connectivity index (χ0) is 11.9. The quantitative estimate of drug-likeness (QED) is 0.867. The van der Waals surface area contributed by atoms with Gasteiger partial charge in [-0.2, -0.15) is 0 Å². The Labute approximate surface area is 104 Å². The van der Waals surface area contributed by atoms with Crippen molar-refractivity contribution in [2.75, 3.05) is 5.32 Å². The first-order chi connectivity index (χ1) is 8.38. The summed E-state index contributed by atoms with van der Waals surface area (Å²) in [6, 6.07) is 2.69. The first-order valence-corrected chi connectivity index (χ1v) is 6.96. The molecule has 0 bridgehead atoms. The molecule has 1 N–H and O–H groups in total. The van der Waals surface area contributed by atoms with E-state index in [0.29, 0.717) is 6.04 Å². The third kappa shape index (κ3) is 3.99. The molecule has 0 aliphatic heterocycles. The van der Waals surface area contributed by atoms with Crippen LogP contribution >= 0.6 is 0 Å². The van der Waals surface area contributed by atoms with Gasteiger partial charge in [0, 0.05) is 17.8 Å². The van der Waals surface area contributed by atoms with Crippen LogP contribution in [0.4, 0.5) is 5.82 Å². The lowest BCUT2D eigenvalue weighted by atomic mass is 9.97. The summed E-state index contributed by atoms with van der Waals surface area (Å²) in [7, 11) is 0. The Morgan fingerprint density at radius 2 is 1.82 bits per heavy atom. The van der Waals surface area contributed by atoms with Crippen molar-refractivity contribution in [3.8, 4) is 0 Å². The normalized spacial score (nSPS) is 18.4. The lowest BCUT2D eigenvalue weighted by Gasteiger charge is -2.21. The Morgan fingerprint density at radius 1 is 1.12 bits per heavy atom. The highest BCUT2D eigenvalue weighted by molar-refractivity contribution is 5.35. The molecule has 0 unspecified atom stereocenters. The van der Waals surface area contributed by atoms with Crippen molar-refractivity contribution in [1.29, 1.82) is 0 Å². The first-order valence-electron chi connectivity index (χ1n) is 6.96. The SMILES string of the molecule is CCc1cc(NC2CCCCCCC2)ncn1. The van der Waals surface area contributed by atoms with Gasteiger partial charge in [0.25, 0.3) is 0 Å². The molecule has 1 aliphatic rings. The maximum absolute atomic E-state index is 4.31. The predicted molar refractivity (Wildman–Crippen MR) is 71.1 cm³/mol. The highest BCUT2D eigenvalue weighted by Crippen LogP contribution is 2.20. The predicted octanol–water partition coefficient (Wildman–Crippen LogP) is 3.56. The van der Waals surface area contributed by atoms with Gasteiger partial charge in [0.2, 0.25) is 0 Å². The molecule has 0 spiro atoms. The smallest absolute Gasteiger partial charge is 0.129 e. The molecule has 0 radical (unpaired) electrons. The van der Waals surface area contributed by atoms with Crippen LogP contribution in [0.2, 0.25) is 0 Å². The van der Waals surface area contributed by atoms with E-state index in [1.807, 2.05) is 0 Å². The molecule has 17 heavy (non-hydrogen) atoms. The van der Waals surface area contributed by atoms with Gasteiger partial charge in [-0.3, -0.25) is 0 Å². The van der Waals surface area contributed by atoms with Crippen molar-refractivity contribution in [2.45, 2.75) is 64.3 Å². The van der Waals surface area contributed by atoms with Crippen LogP contribution in [-0.2, 0) is 6.42 Å². The molecule has 1 aromatic rings. The Bertz CT molecular complexity index is 330. The van der Waals surface area contributed by atoms with Gasteiger partial charge in [-0.1, -0.05) is 39.0 Å². The monoisotopic (exact) mass is 233 g/mol. The molecule has 0 saturated heterocycles. The zero-order valence-electron chi connectivity index (χ0n) is 10.8. The van der Waals surface area contributed by atoms with Crippen LogP contribution in [0, 0.1) is 0 Å². The van der Waals surface area contributed by atoms with Crippen molar-refractivity contribution in [2.24, 2.45) is 0 Å². The Morgan fingerprint density at radius 3 is 2.53 bits per heavy atom. The minimum Gasteiger partial charge on any atom is -0.367 e. The molecule has 1 saturated carbocycles. The van der Waals surface area contributed by atoms with Gasteiger partial charge in [-0.25, -0.2) is 9.97 Å². The van der Waals surface area contributed by atoms with E-state index >= 15 is 0 Å². The van der Waals surface area contributed by atoms with E-state index in [9.17, 15) is 0 Å². The molecule has 3 nitrogen and oxygen atoms in total. The van der Waals surface area contributed by atoms with Crippen molar-refractivity contribution in [3.63, 3.8) is 0 Å². The number of rotatable bonds is 3. The number of nitrogens with zero attached hydrogens (tertiary/aromatic N) is 2. The molecule has 0 atom stereocenters. The minimum absolute atomic E-state index is 0.606. The van der Waals surface area contributed by atoms with Gasteiger partial charge < -0.3 is 5.32 Å². The number of aryl methyl sites for hydroxylation is 1. The third-order valence-corrected chi connectivity index (χ3v) is 3.54. The first kappa shape index (κ1) is 12.3. The molecule has 0 aromatic carbocycles. The molecular weight excluding hydrogens is 210 g/mol. The molecule has 2 rings (SSSR count). The number of anilines is 1. The van der Waals surface area contributed by atoms with E-state index in [1.54, 1.807) is 6.33 Å². The lowest BCUT2D eigenvalue weighted by Crippen LogP contribution is -2.21. The van der Waals surface area contributed by atoms with Crippen LogP contribution in [0.3, 0.4) is 0 Å². The average molecular weight is 233 g/mol. The van der Waals surface area contributed by atoms with E-state index in [0.717, 1.165) is 17.9 Å². The summed E-state index contributed by atoms with van der Waals surface area (Å²) >= 11 is 0. The van der Waals surface area contributed by atoms with Crippen LogP contribution in [0.15, 0.2) is 12.4 Å². The minimum atomic E-state index is 0.606. The van der Waals surface area contributed by atoms with Crippen LogP contribution in [0.5, 0.6) is 0 Å². The number of hydrogen-bond acceptors (Lipinski definition) is 3. The largest absolute Gasteiger partial charge is 0.367 e. The molecule has 1 aliphatic carbocycles. The fraction of sp³-hybridized carbons (Fsp3) is 0.714. The highest BCUT2D eigenvalue weighted by atomic mass is 15.0. The third-order valence-electron chi connectivity index (χ3n) is 3.54. The summed E-state index contributed by atoms with van der Waals surface area (Å²) in [5.41, 5.74) is 1.12. The van der Waals surface area contributed by atoms with Gasteiger partial charge in [0.1, 0.15) is 12.1 Å². The standard InChI is InChI=1S/C14H23N3/c1-2-12-10-14(16-11-15-12)17-13-8-6-4-3-5-7-9-13/h10-11,13H,2-9H2,1H3,(H,15,16,17). The summed E-state index contributed by atoms with van der Waals surface area (Å²) in [4.78, 5) is 8.55. The van der Waals surface area contributed by atoms with Crippen LogP contribution in [-0.4, -0.2) is 16.0 Å². The molecule has 0 amide bonds.